The van der Waals surface area contributed by atoms with Crippen LogP contribution >= 0.6 is 31.9 Å². The smallest absolute Gasteiger partial charge is 0.193 e. The van der Waals surface area contributed by atoms with E-state index in [1.165, 1.54) is 0 Å². The lowest BCUT2D eigenvalue weighted by molar-refractivity contribution is 0.103. The average Bonchev–Trinajstić information content (AvgIpc) is 2.60. The Morgan fingerprint density at radius 1 is 0.696 bits per heavy atom. The lowest BCUT2D eigenvalue weighted by atomic mass is 9.74. The van der Waals surface area contributed by atoms with Crippen molar-refractivity contribution < 1.29 is 4.79 Å². The van der Waals surface area contributed by atoms with Gasteiger partial charge in [-0.2, -0.15) is 0 Å². The van der Waals surface area contributed by atoms with Gasteiger partial charge >= 0.3 is 0 Å². The Bertz CT molecular complexity index is 863. The number of halogens is 2. The van der Waals surface area contributed by atoms with E-state index in [1.807, 2.05) is 60.7 Å². The van der Waals surface area contributed by atoms with Crippen molar-refractivity contribution in [3.05, 3.63) is 105 Å². The number of fused-ring (bicyclic) bond motifs is 2. The quantitative estimate of drug-likeness (QED) is 0.456. The molecule has 0 saturated heterocycles. The van der Waals surface area contributed by atoms with Gasteiger partial charge in [0.2, 0.25) is 0 Å². The van der Waals surface area contributed by atoms with Crippen molar-refractivity contribution in [2.24, 2.45) is 0 Å². The summed E-state index contributed by atoms with van der Waals surface area (Å²) < 4.78 is 0.514. The molecule has 4 rings (SSSR count). The monoisotopic (exact) mass is 426 g/mol. The van der Waals surface area contributed by atoms with Gasteiger partial charge in [0, 0.05) is 15.6 Å². The molecule has 0 aromatic heterocycles. The summed E-state index contributed by atoms with van der Waals surface area (Å²) in [6.45, 7) is 0. The first-order valence-corrected chi connectivity index (χ1v) is 8.89. The largest absolute Gasteiger partial charge is 0.289 e. The van der Waals surface area contributed by atoms with Gasteiger partial charge in [-0.3, -0.25) is 4.79 Å². The molecular formula is C20H12Br2O. The molecule has 0 amide bonds. The van der Waals surface area contributed by atoms with Crippen molar-refractivity contribution in [3.63, 3.8) is 0 Å². The first kappa shape index (κ1) is 14.9. The van der Waals surface area contributed by atoms with Gasteiger partial charge in [-0.05, 0) is 28.8 Å². The van der Waals surface area contributed by atoms with Crippen LogP contribution in [0.3, 0.4) is 0 Å². The molecule has 1 aliphatic carbocycles. The molecule has 0 saturated carbocycles. The average molecular weight is 428 g/mol. The van der Waals surface area contributed by atoms with Gasteiger partial charge in [0.15, 0.2) is 5.78 Å². The van der Waals surface area contributed by atoms with Crippen LogP contribution in [0, 0.1) is 0 Å². The van der Waals surface area contributed by atoms with E-state index < -0.39 is 4.32 Å². The topological polar surface area (TPSA) is 17.1 Å². The van der Waals surface area contributed by atoms with Crippen molar-refractivity contribution in [2.45, 2.75) is 4.32 Å². The third-order valence-corrected chi connectivity index (χ3v) is 6.17. The second-order valence-corrected chi connectivity index (χ2v) is 7.69. The Balaban J connectivity index is 2.09. The fourth-order valence-electron chi connectivity index (χ4n) is 3.24. The second kappa shape index (κ2) is 5.43. The lowest BCUT2D eigenvalue weighted by Crippen LogP contribution is -2.31. The van der Waals surface area contributed by atoms with Crippen LogP contribution in [0.2, 0.25) is 0 Å². The van der Waals surface area contributed by atoms with Crippen LogP contribution in [0.4, 0.5) is 0 Å². The molecule has 0 aliphatic heterocycles. The number of ketones is 1. The molecule has 0 unspecified atom stereocenters. The van der Waals surface area contributed by atoms with Gasteiger partial charge in [-0.1, -0.05) is 92.5 Å². The summed E-state index contributed by atoms with van der Waals surface area (Å²) in [5, 5.41) is 0. The molecule has 0 radical (unpaired) electrons. The maximum Gasteiger partial charge on any atom is 0.193 e. The molecular weight excluding hydrogens is 416 g/mol. The van der Waals surface area contributed by atoms with Crippen LogP contribution < -0.4 is 0 Å². The predicted octanol–water partition coefficient (Wildman–Crippen LogP) is 5.68. The van der Waals surface area contributed by atoms with Crippen molar-refractivity contribution in [2.75, 3.05) is 0 Å². The molecule has 0 fully saturated rings. The third kappa shape index (κ3) is 2.14. The third-order valence-electron chi connectivity index (χ3n) is 4.33. The van der Waals surface area contributed by atoms with Crippen LogP contribution in [-0.2, 0) is 4.32 Å². The van der Waals surface area contributed by atoms with Crippen molar-refractivity contribution in [1.29, 1.82) is 0 Å². The van der Waals surface area contributed by atoms with Gasteiger partial charge in [-0.15, -0.1) is 0 Å². The summed E-state index contributed by atoms with van der Waals surface area (Å²) >= 11 is 7.48. The molecule has 0 heterocycles. The standard InChI is InChI=1S/C20H12Br2O/c21-14-11-9-13(10-12-14)20(22)17-7-3-1-5-15(17)19(23)16-6-2-4-8-18(16)20/h1-12H. The van der Waals surface area contributed by atoms with Crippen molar-refractivity contribution in [1.82, 2.24) is 0 Å². The van der Waals surface area contributed by atoms with Crippen molar-refractivity contribution >= 4 is 37.6 Å². The van der Waals surface area contributed by atoms with Gasteiger partial charge in [0.05, 0.1) is 0 Å². The molecule has 3 aromatic carbocycles. The van der Waals surface area contributed by atoms with Gasteiger partial charge in [-0.25, -0.2) is 0 Å². The number of hydrogen-bond donors (Lipinski definition) is 0. The minimum Gasteiger partial charge on any atom is -0.289 e. The zero-order chi connectivity index (χ0) is 16.0. The van der Waals surface area contributed by atoms with Crippen molar-refractivity contribution in [3.8, 4) is 0 Å². The highest BCUT2D eigenvalue weighted by Gasteiger charge is 2.42. The van der Waals surface area contributed by atoms with Gasteiger partial charge < -0.3 is 0 Å². The van der Waals surface area contributed by atoms with E-state index in [1.54, 1.807) is 0 Å². The van der Waals surface area contributed by atoms with Gasteiger partial charge in [0.1, 0.15) is 4.32 Å². The summed E-state index contributed by atoms with van der Waals surface area (Å²) in [5.74, 6) is 0.0865. The number of carbonyl (C=O) groups excluding carboxylic acids is 1. The van der Waals surface area contributed by atoms with Crippen LogP contribution in [0.5, 0.6) is 0 Å². The molecule has 0 bridgehead atoms. The maximum atomic E-state index is 12.9. The zero-order valence-electron chi connectivity index (χ0n) is 12.1. The fourth-order valence-corrected chi connectivity index (χ4v) is 4.46. The summed E-state index contributed by atoms with van der Waals surface area (Å²) in [6.07, 6.45) is 0. The first-order valence-electron chi connectivity index (χ1n) is 7.31. The molecule has 23 heavy (non-hydrogen) atoms. The van der Waals surface area contributed by atoms with E-state index in [0.29, 0.717) is 0 Å². The fraction of sp³-hybridized carbons (Fsp3) is 0.0500. The Labute approximate surface area is 151 Å². The van der Waals surface area contributed by atoms with E-state index in [2.05, 4.69) is 44.0 Å². The van der Waals surface area contributed by atoms with Crippen LogP contribution in [0.1, 0.15) is 32.6 Å². The summed E-state index contributed by atoms with van der Waals surface area (Å²) in [7, 11) is 0. The molecule has 3 heteroatoms. The van der Waals surface area contributed by atoms with Gasteiger partial charge in [0.25, 0.3) is 0 Å². The van der Waals surface area contributed by atoms with E-state index in [-0.39, 0.29) is 5.78 Å². The molecule has 0 atom stereocenters. The molecule has 1 aliphatic rings. The Kier molecular flexibility index (Phi) is 3.51. The lowest BCUT2D eigenvalue weighted by Gasteiger charge is -2.36. The first-order chi connectivity index (χ1) is 11.1. The van der Waals surface area contributed by atoms with Crippen LogP contribution in [0.15, 0.2) is 77.3 Å². The molecule has 0 N–H and O–H groups in total. The second-order valence-electron chi connectivity index (χ2n) is 5.59. The van der Waals surface area contributed by atoms with Crippen LogP contribution in [0.25, 0.3) is 0 Å². The minimum atomic E-state index is -0.519. The van der Waals surface area contributed by atoms with E-state index in [4.69, 9.17) is 0 Å². The molecule has 1 nitrogen and oxygen atoms in total. The zero-order valence-corrected chi connectivity index (χ0v) is 15.3. The Morgan fingerprint density at radius 2 is 1.17 bits per heavy atom. The number of carbonyl (C=O) groups is 1. The molecule has 0 spiro atoms. The SMILES string of the molecule is O=C1c2ccccc2C(Br)(c2ccc(Br)cc2)c2ccccc21. The summed E-state index contributed by atoms with van der Waals surface area (Å²) in [6, 6.07) is 23.9. The highest BCUT2D eigenvalue weighted by Crippen LogP contribution is 2.50. The number of hydrogen-bond acceptors (Lipinski definition) is 1. The number of rotatable bonds is 1. The van der Waals surface area contributed by atoms with E-state index in [0.717, 1.165) is 32.3 Å². The van der Waals surface area contributed by atoms with E-state index >= 15 is 0 Å². The Hall–Kier alpha value is -1.71. The van der Waals surface area contributed by atoms with E-state index in [9.17, 15) is 4.79 Å². The normalized spacial score (nSPS) is 15.0. The minimum absolute atomic E-state index is 0.0865. The molecule has 112 valence electrons. The Morgan fingerprint density at radius 3 is 1.70 bits per heavy atom. The highest BCUT2D eigenvalue weighted by atomic mass is 79.9. The highest BCUT2D eigenvalue weighted by molar-refractivity contribution is 9.10. The molecule has 3 aromatic rings. The predicted molar refractivity (Wildman–Crippen MR) is 99.3 cm³/mol. The summed E-state index contributed by atoms with van der Waals surface area (Å²) in [5.41, 5.74) is 4.60. The summed E-state index contributed by atoms with van der Waals surface area (Å²) in [4.78, 5) is 12.9. The van der Waals surface area contributed by atoms with Crippen LogP contribution in [-0.4, -0.2) is 5.78 Å². The number of benzene rings is 3. The number of alkyl halides is 1. The maximum absolute atomic E-state index is 12.9.